The first-order valence-electron chi connectivity index (χ1n) is 6.20. The van der Waals surface area contributed by atoms with Gasteiger partial charge in [-0.1, -0.05) is 31.2 Å². The van der Waals surface area contributed by atoms with Gasteiger partial charge < -0.3 is 0 Å². The smallest absolute Gasteiger partial charge is 0.287 e. The van der Waals surface area contributed by atoms with E-state index in [9.17, 15) is 18.4 Å². The van der Waals surface area contributed by atoms with Crippen LogP contribution >= 0.6 is 0 Å². The van der Waals surface area contributed by atoms with Crippen molar-refractivity contribution in [2.75, 3.05) is 6.54 Å². The van der Waals surface area contributed by atoms with Gasteiger partial charge in [0.1, 0.15) is 5.54 Å². The molecule has 2 unspecified atom stereocenters. The third-order valence-electron chi connectivity index (χ3n) is 3.69. The molecule has 0 amide bonds. The average Bonchev–Trinajstić information content (AvgIpc) is 2.38. The van der Waals surface area contributed by atoms with Crippen molar-refractivity contribution in [1.82, 2.24) is 5.32 Å². The number of nitrogens with one attached hydrogen (secondary N) is 1. The Morgan fingerprint density at radius 3 is 2.74 bits per heavy atom. The lowest BCUT2D eigenvalue weighted by Gasteiger charge is -2.37. The molecule has 0 saturated carbocycles. The number of rotatable bonds is 2. The van der Waals surface area contributed by atoms with Gasteiger partial charge in [0.05, 0.1) is 12.6 Å². The highest BCUT2D eigenvalue weighted by molar-refractivity contribution is 5.42. The molecule has 1 aromatic rings. The number of hydrogen-bond acceptors (Lipinski definition) is 2. The van der Waals surface area contributed by atoms with E-state index >= 15 is 0 Å². The molecule has 0 radical (unpaired) electrons. The molecule has 0 bridgehead atoms. The summed E-state index contributed by atoms with van der Waals surface area (Å²) in [5.41, 5.74) is 0.420. The fourth-order valence-electron chi connectivity index (χ4n) is 2.63. The second kappa shape index (κ2) is 4.86. The zero-order chi connectivity index (χ0) is 14.1. The molecule has 0 aromatic heterocycles. The van der Waals surface area contributed by atoms with Crippen molar-refractivity contribution in [1.29, 1.82) is 5.26 Å². The first kappa shape index (κ1) is 13.9. The van der Waals surface area contributed by atoms with Crippen LogP contribution in [-0.2, 0) is 5.54 Å². The highest BCUT2D eigenvalue weighted by atomic mass is 19.4. The van der Waals surface area contributed by atoms with Crippen LogP contribution in [0.1, 0.15) is 36.8 Å². The Kier molecular flexibility index (Phi) is 3.55. The maximum atomic E-state index is 12.4. The number of fused-ring (bicyclic) bond motifs is 1. The lowest BCUT2D eigenvalue weighted by atomic mass is 9.73. The Bertz CT molecular complexity index is 504. The van der Waals surface area contributed by atoms with Gasteiger partial charge in [0.2, 0.25) is 0 Å². The third kappa shape index (κ3) is 2.74. The Hall–Kier alpha value is -1.54. The standard InChI is InChI=1S/C14H15F3N2/c1-10-6-7-13(8-18,19-9-14(15,16)17)12-5-3-2-4-11(10)12/h2-5,10,19H,6-7,9H2,1H3. The van der Waals surface area contributed by atoms with E-state index in [-0.39, 0.29) is 5.92 Å². The molecular weight excluding hydrogens is 253 g/mol. The van der Waals surface area contributed by atoms with Gasteiger partial charge in [-0.25, -0.2) is 0 Å². The quantitative estimate of drug-likeness (QED) is 0.891. The van der Waals surface area contributed by atoms with E-state index in [0.29, 0.717) is 18.4 Å². The molecule has 2 rings (SSSR count). The zero-order valence-electron chi connectivity index (χ0n) is 10.6. The van der Waals surface area contributed by atoms with Gasteiger partial charge in [0, 0.05) is 0 Å². The van der Waals surface area contributed by atoms with E-state index in [4.69, 9.17) is 0 Å². The van der Waals surface area contributed by atoms with Crippen LogP contribution < -0.4 is 5.32 Å². The molecule has 0 spiro atoms. The van der Waals surface area contributed by atoms with E-state index in [2.05, 4.69) is 11.4 Å². The van der Waals surface area contributed by atoms with E-state index in [1.165, 1.54) is 0 Å². The van der Waals surface area contributed by atoms with Crippen molar-refractivity contribution in [3.8, 4) is 6.07 Å². The highest BCUT2D eigenvalue weighted by Crippen LogP contribution is 2.41. The van der Waals surface area contributed by atoms with E-state index < -0.39 is 18.3 Å². The first-order valence-corrected chi connectivity index (χ1v) is 6.20. The van der Waals surface area contributed by atoms with Crippen LogP contribution in [0.25, 0.3) is 0 Å². The summed E-state index contributed by atoms with van der Waals surface area (Å²) in [6.07, 6.45) is -3.21. The fraction of sp³-hybridized carbons (Fsp3) is 0.500. The van der Waals surface area contributed by atoms with Crippen molar-refractivity contribution in [3.63, 3.8) is 0 Å². The fourth-order valence-corrected chi connectivity index (χ4v) is 2.63. The van der Waals surface area contributed by atoms with Crippen LogP contribution in [0.15, 0.2) is 24.3 Å². The monoisotopic (exact) mass is 268 g/mol. The van der Waals surface area contributed by atoms with Crippen LogP contribution in [0.2, 0.25) is 0 Å². The predicted molar refractivity (Wildman–Crippen MR) is 65.4 cm³/mol. The molecule has 5 heteroatoms. The molecular formula is C14H15F3N2. The second-order valence-corrected chi connectivity index (χ2v) is 5.01. The van der Waals surface area contributed by atoms with Gasteiger partial charge in [0.25, 0.3) is 0 Å². The van der Waals surface area contributed by atoms with Crippen LogP contribution in [-0.4, -0.2) is 12.7 Å². The van der Waals surface area contributed by atoms with E-state index in [1.807, 2.05) is 19.1 Å². The number of hydrogen-bond donors (Lipinski definition) is 1. The lowest BCUT2D eigenvalue weighted by Crippen LogP contribution is -2.48. The minimum atomic E-state index is -4.32. The van der Waals surface area contributed by atoms with Gasteiger partial charge >= 0.3 is 6.18 Å². The number of halogens is 3. The topological polar surface area (TPSA) is 35.8 Å². The van der Waals surface area contributed by atoms with Crippen molar-refractivity contribution in [2.24, 2.45) is 0 Å². The molecule has 2 nitrogen and oxygen atoms in total. The third-order valence-corrected chi connectivity index (χ3v) is 3.69. The number of nitriles is 1. The minimum Gasteiger partial charge on any atom is -0.287 e. The molecule has 0 aliphatic heterocycles. The van der Waals surface area contributed by atoms with Crippen LogP contribution in [0, 0.1) is 11.3 Å². The van der Waals surface area contributed by atoms with E-state index in [0.717, 1.165) is 5.56 Å². The second-order valence-electron chi connectivity index (χ2n) is 5.01. The number of benzene rings is 1. The summed E-state index contributed by atoms with van der Waals surface area (Å²) in [7, 11) is 0. The lowest BCUT2D eigenvalue weighted by molar-refractivity contribution is -0.128. The SMILES string of the molecule is CC1CCC(C#N)(NCC(F)(F)F)c2ccccc21. The summed E-state index contributed by atoms with van der Waals surface area (Å²) >= 11 is 0. The number of nitrogens with zero attached hydrogens (tertiary/aromatic N) is 1. The summed E-state index contributed by atoms with van der Waals surface area (Å²) in [5.74, 6) is 0.269. The molecule has 1 aliphatic carbocycles. The molecule has 1 N–H and O–H groups in total. The largest absolute Gasteiger partial charge is 0.401 e. The molecule has 19 heavy (non-hydrogen) atoms. The minimum absolute atomic E-state index is 0.269. The molecule has 0 heterocycles. The van der Waals surface area contributed by atoms with Crippen LogP contribution in [0.3, 0.4) is 0 Å². The van der Waals surface area contributed by atoms with Gasteiger partial charge in [-0.15, -0.1) is 0 Å². The van der Waals surface area contributed by atoms with Crippen molar-refractivity contribution in [3.05, 3.63) is 35.4 Å². The predicted octanol–water partition coefficient (Wildman–Crippen LogP) is 3.45. The molecule has 0 fully saturated rings. The Morgan fingerprint density at radius 1 is 1.42 bits per heavy atom. The number of alkyl halides is 3. The Labute approximate surface area is 110 Å². The van der Waals surface area contributed by atoms with Crippen molar-refractivity contribution >= 4 is 0 Å². The summed E-state index contributed by atoms with van der Waals surface area (Å²) in [6, 6.07) is 9.31. The summed E-state index contributed by atoms with van der Waals surface area (Å²) in [6.45, 7) is 0.882. The molecule has 2 atom stereocenters. The van der Waals surface area contributed by atoms with E-state index in [1.54, 1.807) is 12.1 Å². The normalized spacial score (nSPS) is 26.6. The summed E-state index contributed by atoms with van der Waals surface area (Å²) in [5, 5.41) is 11.8. The van der Waals surface area contributed by atoms with Gasteiger partial charge in [-0.3, -0.25) is 5.32 Å². The van der Waals surface area contributed by atoms with Crippen LogP contribution in [0.5, 0.6) is 0 Å². The van der Waals surface area contributed by atoms with Crippen molar-refractivity contribution in [2.45, 2.75) is 37.4 Å². The molecule has 102 valence electrons. The Morgan fingerprint density at radius 2 is 2.11 bits per heavy atom. The molecule has 1 aromatic carbocycles. The van der Waals surface area contributed by atoms with Crippen LogP contribution in [0.4, 0.5) is 13.2 Å². The van der Waals surface area contributed by atoms with Gasteiger partial charge in [0.15, 0.2) is 0 Å². The highest BCUT2D eigenvalue weighted by Gasteiger charge is 2.41. The molecule has 0 saturated heterocycles. The maximum Gasteiger partial charge on any atom is 0.401 e. The average molecular weight is 268 g/mol. The van der Waals surface area contributed by atoms with Crippen molar-refractivity contribution < 1.29 is 13.2 Å². The summed E-state index contributed by atoms with van der Waals surface area (Å²) in [4.78, 5) is 0. The van der Waals surface area contributed by atoms with Gasteiger partial charge in [-0.2, -0.15) is 18.4 Å². The summed E-state index contributed by atoms with van der Waals surface area (Å²) < 4.78 is 37.2. The maximum absolute atomic E-state index is 12.4. The Balaban J connectivity index is 2.37. The van der Waals surface area contributed by atoms with Gasteiger partial charge in [-0.05, 0) is 29.9 Å². The molecule has 1 aliphatic rings. The zero-order valence-corrected chi connectivity index (χ0v) is 10.6. The first-order chi connectivity index (χ1) is 8.88.